The van der Waals surface area contributed by atoms with Crippen molar-refractivity contribution in [3.63, 3.8) is 0 Å². The molecule has 0 unspecified atom stereocenters. The van der Waals surface area contributed by atoms with Crippen LogP contribution in [0.25, 0.3) is 11.4 Å². The second-order valence-corrected chi connectivity index (χ2v) is 8.94. The number of rotatable bonds is 6. The number of nitrogens with one attached hydrogen (secondary N) is 3. The number of aromatic amines is 1. The fourth-order valence-corrected chi connectivity index (χ4v) is 4.36. The van der Waals surface area contributed by atoms with Crippen molar-refractivity contribution in [1.29, 1.82) is 0 Å². The molecule has 5 rings (SSSR count). The fourth-order valence-electron chi connectivity index (χ4n) is 3.28. The molecule has 12 heteroatoms. The molecular weight excluding hydrogens is 460 g/mol. The van der Waals surface area contributed by atoms with Gasteiger partial charge in [-0.3, -0.25) is 9.52 Å². The van der Waals surface area contributed by atoms with Crippen LogP contribution in [0.4, 0.5) is 11.4 Å². The van der Waals surface area contributed by atoms with Crippen molar-refractivity contribution in [2.75, 3.05) is 23.3 Å². The molecule has 1 aliphatic heterocycles. The minimum atomic E-state index is -3.84. The Bertz CT molecular complexity index is 1420. The molecule has 0 atom stereocenters. The van der Waals surface area contributed by atoms with Crippen LogP contribution in [0, 0.1) is 0 Å². The van der Waals surface area contributed by atoms with Crippen molar-refractivity contribution in [2.24, 2.45) is 0 Å². The highest BCUT2D eigenvalue weighted by Gasteiger charge is 2.19. The molecule has 0 bridgehead atoms. The summed E-state index contributed by atoms with van der Waals surface area (Å²) in [6.07, 6.45) is 0. The second kappa shape index (κ2) is 8.83. The summed E-state index contributed by atoms with van der Waals surface area (Å²) in [4.78, 5) is 12.6. The Kier molecular flexibility index (Phi) is 5.55. The topological polar surface area (TPSA) is 148 Å². The molecule has 3 aromatic carbocycles. The number of carbonyl (C=O) groups excluding carboxylic acids is 1. The highest BCUT2D eigenvalue weighted by Crippen LogP contribution is 2.32. The maximum Gasteiger partial charge on any atom is 0.262 e. The first-order chi connectivity index (χ1) is 16.5. The van der Waals surface area contributed by atoms with E-state index in [0.29, 0.717) is 47.5 Å². The number of sulfonamides is 1. The number of carbonyl (C=O) groups is 1. The lowest BCUT2D eigenvalue weighted by atomic mass is 10.1. The molecule has 1 aliphatic rings. The molecule has 3 N–H and O–H groups in total. The average Bonchev–Trinajstić information content (AvgIpc) is 3.40. The number of benzene rings is 3. The zero-order chi connectivity index (χ0) is 23.5. The first-order valence-corrected chi connectivity index (χ1v) is 11.6. The molecular formula is C22H18N6O5S. The van der Waals surface area contributed by atoms with Crippen LogP contribution >= 0.6 is 0 Å². The normalized spacial score (nSPS) is 12.7. The number of nitrogens with zero attached hydrogens (tertiary/aromatic N) is 3. The van der Waals surface area contributed by atoms with E-state index in [1.54, 1.807) is 54.6 Å². The van der Waals surface area contributed by atoms with E-state index in [2.05, 4.69) is 30.7 Å². The van der Waals surface area contributed by atoms with E-state index in [-0.39, 0.29) is 10.8 Å². The monoisotopic (exact) mass is 478 g/mol. The first kappa shape index (κ1) is 21.4. The number of tetrazole rings is 1. The van der Waals surface area contributed by atoms with E-state index in [9.17, 15) is 13.2 Å². The smallest absolute Gasteiger partial charge is 0.262 e. The molecule has 0 saturated carbocycles. The summed E-state index contributed by atoms with van der Waals surface area (Å²) in [6.45, 7) is 0.784. The summed E-state index contributed by atoms with van der Waals surface area (Å²) in [7, 11) is -3.84. The number of H-pyrrole nitrogens is 1. The Balaban J connectivity index is 1.24. The minimum absolute atomic E-state index is 0.0541. The molecule has 0 spiro atoms. The Labute approximate surface area is 194 Å². The molecule has 34 heavy (non-hydrogen) atoms. The van der Waals surface area contributed by atoms with Gasteiger partial charge in [0.25, 0.3) is 15.9 Å². The highest BCUT2D eigenvalue weighted by atomic mass is 32.2. The van der Waals surface area contributed by atoms with E-state index < -0.39 is 10.0 Å². The Hall–Kier alpha value is -4.45. The minimum Gasteiger partial charge on any atom is -0.486 e. The predicted molar refractivity (Wildman–Crippen MR) is 122 cm³/mol. The lowest BCUT2D eigenvalue weighted by Crippen LogP contribution is -2.17. The van der Waals surface area contributed by atoms with Crippen LogP contribution in [-0.2, 0) is 10.0 Å². The standard InChI is InChI=1S/C22H18N6O5S/c29-22(15-3-1-14(2-4-15)21-24-27-28-25-21)23-16-5-7-17(8-6-16)26-34(30,31)18-9-10-19-20(13-18)33-12-11-32-19/h1-10,13,26H,11-12H2,(H,23,29)(H,24,25,27,28). The fraction of sp³-hybridized carbons (Fsp3) is 0.0909. The molecule has 172 valence electrons. The molecule has 11 nitrogen and oxygen atoms in total. The zero-order valence-electron chi connectivity index (χ0n) is 17.6. The molecule has 0 radical (unpaired) electrons. The van der Waals surface area contributed by atoms with Crippen LogP contribution in [0.1, 0.15) is 10.4 Å². The number of hydrogen-bond acceptors (Lipinski definition) is 8. The summed E-state index contributed by atoms with van der Waals surface area (Å²) >= 11 is 0. The number of aromatic nitrogens is 4. The van der Waals surface area contributed by atoms with Gasteiger partial charge in [-0.2, -0.15) is 5.21 Å². The second-order valence-electron chi connectivity index (χ2n) is 7.26. The summed E-state index contributed by atoms with van der Waals surface area (Å²) in [5, 5.41) is 16.4. The summed E-state index contributed by atoms with van der Waals surface area (Å²) in [5.41, 5.74) is 2.02. The van der Waals surface area contributed by atoms with Gasteiger partial charge in [-0.15, -0.1) is 10.2 Å². The van der Waals surface area contributed by atoms with E-state index in [0.717, 1.165) is 5.56 Å². The quantitative estimate of drug-likeness (QED) is 0.383. The maximum atomic E-state index is 12.8. The van der Waals surface area contributed by atoms with Crippen molar-refractivity contribution in [1.82, 2.24) is 20.6 Å². The van der Waals surface area contributed by atoms with E-state index >= 15 is 0 Å². The van der Waals surface area contributed by atoms with Crippen molar-refractivity contribution in [3.8, 4) is 22.9 Å². The van der Waals surface area contributed by atoms with Crippen LogP contribution in [0.15, 0.2) is 71.6 Å². The van der Waals surface area contributed by atoms with Crippen LogP contribution in [0.5, 0.6) is 11.5 Å². The van der Waals surface area contributed by atoms with Crippen LogP contribution in [0.3, 0.4) is 0 Å². The van der Waals surface area contributed by atoms with Gasteiger partial charge in [-0.05, 0) is 53.7 Å². The third kappa shape index (κ3) is 4.52. The molecule has 0 fully saturated rings. The van der Waals surface area contributed by atoms with Gasteiger partial charge in [0.2, 0.25) is 5.82 Å². The Morgan fingerprint density at radius 1 is 0.882 bits per heavy atom. The van der Waals surface area contributed by atoms with Crippen molar-refractivity contribution >= 4 is 27.3 Å². The third-order valence-electron chi connectivity index (χ3n) is 4.97. The van der Waals surface area contributed by atoms with Crippen molar-refractivity contribution in [3.05, 3.63) is 72.3 Å². The van der Waals surface area contributed by atoms with Crippen LogP contribution < -0.4 is 19.5 Å². The summed E-state index contributed by atoms with van der Waals surface area (Å²) < 4.78 is 38.9. The maximum absolute atomic E-state index is 12.8. The van der Waals surface area contributed by atoms with Crippen molar-refractivity contribution < 1.29 is 22.7 Å². The van der Waals surface area contributed by atoms with Gasteiger partial charge < -0.3 is 14.8 Å². The molecule has 0 aliphatic carbocycles. The number of hydrogen-bond donors (Lipinski definition) is 3. The van der Waals surface area contributed by atoms with Gasteiger partial charge in [-0.25, -0.2) is 8.42 Å². The van der Waals surface area contributed by atoms with Crippen LogP contribution in [0.2, 0.25) is 0 Å². The summed E-state index contributed by atoms with van der Waals surface area (Å²) in [5.74, 6) is 1.01. The van der Waals surface area contributed by atoms with Gasteiger partial charge >= 0.3 is 0 Å². The average molecular weight is 478 g/mol. The Morgan fingerprint density at radius 3 is 2.29 bits per heavy atom. The lowest BCUT2D eigenvalue weighted by molar-refractivity contribution is 0.102. The van der Waals surface area contributed by atoms with E-state index in [1.165, 1.54) is 12.1 Å². The largest absolute Gasteiger partial charge is 0.486 e. The molecule has 0 saturated heterocycles. The lowest BCUT2D eigenvalue weighted by Gasteiger charge is -2.19. The van der Waals surface area contributed by atoms with E-state index in [1.807, 2.05) is 0 Å². The van der Waals surface area contributed by atoms with Gasteiger partial charge in [0.1, 0.15) is 13.2 Å². The van der Waals surface area contributed by atoms with Gasteiger partial charge in [0.15, 0.2) is 11.5 Å². The van der Waals surface area contributed by atoms with E-state index in [4.69, 9.17) is 9.47 Å². The van der Waals surface area contributed by atoms with Gasteiger partial charge in [0, 0.05) is 28.6 Å². The number of fused-ring (bicyclic) bond motifs is 1. The third-order valence-corrected chi connectivity index (χ3v) is 6.35. The SMILES string of the molecule is O=C(Nc1ccc(NS(=O)(=O)c2ccc3c(c2)OCCO3)cc1)c1ccc(-c2nn[nH]n2)cc1. The predicted octanol–water partition coefficient (Wildman–Crippen LogP) is 2.69. The van der Waals surface area contributed by atoms with Gasteiger partial charge in [0.05, 0.1) is 4.90 Å². The van der Waals surface area contributed by atoms with Crippen molar-refractivity contribution in [2.45, 2.75) is 4.90 Å². The molecule has 1 amide bonds. The van der Waals surface area contributed by atoms with Crippen LogP contribution in [-0.4, -0.2) is 48.2 Å². The number of anilines is 2. The Morgan fingerprint density at radius 2 is 1.59 bits per heavy atom. The first-order valence-electron chi connectivity index (χ1n) is 10.2. The number of ether oxygens (including phenoxy) is 2. The summed E-state index contributed by atoms with van der Waals surface area (Å²) in [6, 6.07) is 17.5. The van der Waals surface area contributed by atoms with Gasteiger partial charge in [-0.1, -0.05) is 12.1 Å². The molecule has 4 aromatic rings. The molecule has 1 aromatic heterocycles. The highest BCUT2D eigenvalue weighted by molar-refractivity contribution is 7.92. The molecule has 2 heterocycles. The number of amides is 1. The zero-order valence-corrected chi connectivity index (χ0v) is 18.4.